The Labute approximate surface area is 144 Å². The van der Waals surface area contributed by atoms with E-state index in [1.807, 2.05) is 12.1 Å². The molecule has 1 unspecified atom stereocenters. The van der Waals surface area contributed by atoms with Crippen molar-refractivity contribution in [2.75, 3.05) is 13.6 Å². The van der Waals surface area contributed by atoms with Crippen LogP contribution in [0.2, 0.25) is 0 Å². The van der Waals surface area contributed by atoms with E-state index in [1.165, 1.54) is 24.0 Å². The number of halogens is 2. The van der Waals surface area contributed by atoms with Crippen LogP contribution in [-0.4, -0.2) is 36.5 Å². The minimum atomic E-state index is 0. The highest BCUT2D eigenvalue weighted by Crippen LogP contribution is 2.26. The van der Waals surface area contributed by atoms with Crippen molar-refractivity contribution in [1.29, 1.82) is 0 Å². The number of carbonyl (C=O) groups excluding carboxylic acids is 1. The van der Waals surface area contributed by atoms with Crippen LogP contribution in [0.4, 0.5) is 0 Å². The Hall–Kier alpha value is -0.810. The maximum Gasteiger partial charge on any atom is 0.251 e. The lowest BCUT2D eigenvalue weighted by atomic mass is 10.1. The van der Waals surface area contributed by atoms with Gasteiger partial charge in [-0.15, -0.1) is 24.8 Å². The van der Waals surface area contributed by atoms with E-state index in [9.17, 15) is 4.79 Å². The molecule has 4 nitrogen and oxygen atoms in total. The molecule has 124 valence electrons. The largest absolute Gasteiger partial charge is 0.350 e. The molecule has 22 heavy (non-hydrogen) atoms. The third-order valence-corrected chi connectivity index (χ3v) is 4.48. The van der Waals surface area contributed by atoms with E-state index in [0.717, 1.165) is 24.7 Å². The Morgan fingerprint density at radius 1 is 1.32 bits per heavy atom. The highest BCUT2D eigenvalue weighted by atomic mass is 35.5. The molecular formula is C16H25Cl2N3O. The molecule has 0 bridgehead atoms. The normalized spacial score (nSPS) is 17.2. The quantitative estimate of drug-likeness (QED) is 0.860. The Bertz CT molecular complexity index is 520. The molecule has 1 heterocycles. The van der Waals surface area contributed by atoms with Crippen molar-refractivity contribution in [2.24, 2.45) is 0 Å². The number of hydrogen-bond acceptors (Lipinski definition) is 3. The molecule has 0 aromatic heterocycles. The zero-order chi connectivity index (χ0) is 14.1. The first-order valence-corrected chi connectivity index (χ1v) is 7.48. The van der Waals surface area contributed by atoms with Gasteiger partial charge in [0.2, 0.25) is 0 Å². The van der Waals surface area contributed by atoms with Gasteiger partial charge in [0.1, 0.15) is 0 Å². The fourth-order valence-electron chi connectivity index (χ4n) is 2.76. The van der Waals surface area contributed by atoms with E-state index < -0.39 is 0 Å². The maximum absolute atomic E-state index is 12.2. The summed E-state index contributed by atoms with van der Waals surface area (Å²) in [7, 11) is 2.15. The first-order chi connectivity index (χ1) is 9.65. The fraction of sp³-hybridized carbons (Fsp3) is 0.562. The zero-order valence-electron chi connectivity index (χ0n) is 13.1. The van der Waals surface area contributed by atoms with Crippen molar-refractivity contribution >= 4 is 30.7 Å². The first kappa shape index (κ1) is 19.2. The molecule has 1 fully saturated rings. The molecule has 0 radical (unpaired) electrons. The summed E-state index contributed by atoms with van der Waals surface area (Å²) in [5.41, 5.74) is 3.33. The van der Waals surface area contributed by atoms with Gasteiger partial charge in [-0.25, -0.2) is 0 Å². The van der Waals surface area contributed by atoms with Crippen molar-refractivity contribution in [3.8, 4) is 0 Å². The Balaban J connectivity index is 0.00000121. The van der Waals surface area contributed by atoms with Gasteiger partial charge in [0.25, 0.3) is 5.91 Å². The molecule has 1 atom stereocenters. The molecule has 1 saturated carbocycles. The van der Waals surface area contributed by atoms with E-state index in [2.05, 4.69) is 35.6 Å². The molecule has 1 aliphatic heterocycles. The predicted molar refractivity (Wildman–Crippen MR) is 94.1 cm³/mol. The molecular weight excluding hydrogens is 321 g/mol. The second-order valence-electron chi connectivity index (χ2n) is 6.04. The number of benzene rings is 1. The summed E-state index contributed by atoms with van der Waals surface area (Å²) in [5, 5.41) is 6.35. The van der Waals surface area contributed by atoms with Crippen molar-refractivity contribution in [1.82, 2.24) is 15.5 Å². The van der Waals surface area contributed by atoms with E-state index in [0.29, 0.717) is 12.6 Å². The maximum atomic E-state index is 12.2. The lowest BCUT2D eigenvalue weighted by molar-refractivity contribution is 0.0939. The SMILES string of the molecule is CC(CNC(=O)c1ccc2c(c1)CNC2)N(C)C1CC1.Cl.Cl. The number of nitrogens with zero attached hydrogens (tertiary/aromatic N) is 1. The van der Waals surface area contributed by atoms with Gasteiger partial charge in [-0.3, -0.25) is 9.69 Å². The van der Waals surface area contributed by atoms with Crippen molar-refractivity contribution in [3.05, 3.63) is 34.9 Å². The van der Waals surface area contributed by atoms with Crippen LogP contribution in [0.15, 0.2) is 18.2 Å². The van der Waals surface area contributed by atoms with Gasteiger partial charge in [-0.2, -0.15) is 0 Å². The third-order valence-electron chi connectivity index (χ3n) is 4.48. The second kappa shape index (κ2) is 8.16. The van der Waals surface area contributed by atoms with E-state index in [-0.39, 0.29) is 30.7 Å². The van der Waals surface area contributed by atoms with Gasteiger partial charge in [0.05, 0.1) is 0 Å². The van der Waals surface area contributed by atoms with Gasteiger partial charge in [-0.1, -0.05) is 6.07 Å². The molecule has 0 saturated heterocycles. The number of amides is 1. The molecule has 0 spiro atoms. The topological polar surface area (TPSA) is 44.4 Å². The Kier molecular flexibility index (Phi) is 7.13. The van der Waals surface area contributed by atoms with Crippen molar-refractivity contribution in [3.63, 3.8) is 0 Å². The summed E-state index contributed by atoms with van der Waals surface area (Å²) in [6, 6.07) is 7.12. The molecule has 3 rings (SSSR count). The van der Waals surface area contributed by atoms with Gasteiger partial charge in [0.15, 0.2) is 0 Å². The standard InChI is InChI=1S/C16H23N3O.2ClH/c1-11(19(2)15-5-6-15)8-18-16(20)12-3-4-13-9-17-10-14(13)7-12;;/h3-4,7,11,15,17H,5-6,8-10H2,1-2H3,(H,18,20);2*1H. The first-order valence-electron chi connectivity index (χ1n) is 7.48. The monoisotopic (exact) mass is 345 g/mol. The average molecular weight is 346 g/mol. The Morgan fingerprint density at radius 3 is 2.68 bits per heavy atom. The number of carbonyl (C=O) groups is 1. The van der Waals surface area contributed by atoms with Crippen molar-refractivity contribution in [2.45, 2.75) is 44.9 Å². The van der Waals surface area contributed by atoms with Crippen LogP contribution in [0.1, 0.15) is 41.3 Å². The van der Waals surface area contributed by atoms with Crippen LogP contribution >= 0.6 is 24.8 Å². The van der Waals surface area contributed by atoms with E-state index in [1.54, 1.807) is 0 Å². The van der Waals surface area contributed by atoms with E-state index >= 15 is 0 Å². The number of hydrogen-bond donors (Lipinski definition) is 2. The number of nitrogens with one attached hydrogen (secondary N) is 2. The Morgan fingerprint density at radius 2 is 2.00 bits per heavy atom. The molecule has 2 N–H and O–H groups in total. The predicted octanol–water partition coefficient (Wildman–Crippen LogP) is 2.35. The minimum absolute atomic E-state index is 0. The number of fused-ring (bicyclic) bond motifs is 1. The van der Waals surface area contributed by atoms with Gasteiger partial charge < -0.3 is 10.6 Å². The molecule has 2 aliphatic rings. The van der Waals surface area contributed by atoms with Crippen LogP contribution in [0.25, 0.3) is 0 Å². The summed E-state index contributed by atoms with van der Waals surface area (Å²) in [4.78, 5) is 14.6. The molecule has 1 aliphatic carbocycles. The van der Waals surface area contributed by atoms with Gasteiger partial charge in [0, 0.05) is 37.3 Å². The summed E-state index contributed by atoms with van der Waals surface area (Å²) in [6.45, 7) is 4.67. The molecule has 1 amide bonds. The summed E-state index contributed by atoms with van der Waals surface area (Å²) < 4.78 is 0. The molecule has 1 aromatic carbocycles. The number of likely N-dealkylation sites (N-methyl/N-ethyl adjacent to an activating group) is 1. The minimum Gasteiger partial charge on any atom is -0.350 e. The summed E-state index contributed by atoms with van der Waals surface area (Å²) in [5.74, 6) is 0.0377. The highest BCUT2D eigenvalue weighted by molar-refractivity contribution is 5.94. The third kappa shape index (κ3) is 4.35. The highest BCUT2D eigenvalue weighted by Gasteiger charge is 2.29. The lowest BCUT2D eigenvalue weighted by Gasteiger charge is -2.24. The molecule has 1 aromatic rings. The lowest BCUT2D eigenvalue weighted by Crippen LogP contribution is -2.41. The summed E-state index contributed by atoms with van der Waals surface area (Å²) >= 11 is 0. The van der Waals surface area contributed by atoms with Gasteiger partial charge in [-0.05, 0) is 50.1 Å². The van der Waals surface area contributed by atoms with Crippen LogP contribution in [-0.2, 0) is 13.1 Å². The zero-order valence-corrected chi connectivity index (χ0v) is 14.7. The van der Waals surface area contributed by atoms with Crippen LogP contribution in [0.5, 0.6) is 0 Å². The summed E-state index contributed by atoms with van der Waals surface area (Å²) in [6.07, 6.45) is 2.60. The fourth-order valence-corrected chi connectivity index (χ4v) is 2.76. The van der Waals surface area contributed by atoms with Crippen molar-refractivity contribution < 1.29 is 4.79 Å². The van der Waals surface area contributed by atoms with E-state index in [4.69, 9.17) is 0 Å². The van der Waals surface area contributed by atoms with Crippen LogP contribution < -0.4 is 10.6 Å². The number of rotatable bonds is 5. The van der Waals surface area contributed by atoms with Gasteiger partial charge >= 0.3 is 0 Å². The van der Waals surface area contributed by atoms with Crippen LogP contribution in [0, 0.1) is 0 Å². The smallest absolute Gasteiger partial charge is 0.251 e. The van der Waals surface area contributed by atoms with Crippen LogP contribution in [0.3, 0.4) is 0 Å². The molecule has 6 heteroatoms. The average Bonchev–Trinajstić information content (AvgIpc) is 3.20. The second-order valence-corrected chi connectivity index (χ2v) is 6.04.